The molecule has 2 aromatic rings. The van der Waals surface area contributed by atoms with Gasteiger partial charge in [0.15, 0.2) is 5.69 Å². The number of benzene rings is 1. The van der Waals surface area contributed by atoms with Crippen LogP contribution in [-0.4, -0.2) is 52.2 Å². The summed E-state index contributed by atoms with van der Waals surface area (Å²) in [5, 5.41) is 8.85. The zero-order valence-electron chi connectivity index (χ0n) is 13.0. The quantitative estimate of drug-likeness (QED) is 0.933. The van der Waals surface area contributed by atoms with Gasteiger partial charge >= 0.3 is 5.97 Å². The molecule has 0 amide bonds. The number of carbonyl (C=O) groups is 1. The molecule has 6 nitrogen and oxygen atoms in total. The van der Waals surface area contributed by atoms with Crippen molar-refractivity contribution in [1.29, 1.82) is 0 Å². The molecule has 1 aromatic carbocycles. The van der Waals surface area contributed by atoms with Gasteiger partial charge in [-0.2, -0.15) is 0 Å². The van der Waals surface area contributed by atoms with E-state index in [9.17, 15) is 4.79 Å². The Balaban J connectivity index is 1.74. The zero-order valence-corrected chi connectivity index (χ0v) is 13.0. The second kappa shape index (κ2) is 6.85. The van der Waals surface area contributed by atoms with Crippen LogP contribution >= 0.6 is 0 Å². The summed E-state index contributed by atoms with van der Waals surface area (Å²) in [4.78, 5) is 21.3. The lowest BCUT2D eigenvalue weighted by Gasteiger charge is -2.32. The third kappa shape index (κ3) is 3.55. The molecule has 0 spiro atoms. The number of rotatable bonds is 4. The summed E-state index contributed by atoms with van der Waals surface area (Å²) in [7, 11) is 0. The fraction of sp³-hybridized carbons (Fsp3) is 0.353. The highest BCUT2D eigenvalue weighted by atomic mass is 16.5. The molecule has 1 unspecified atom stereocenters. The maximum Gasteiger partial charge on any atom is 0.356 e. The molecule has 120 valence electrons. The lowest BCUT2D eigenvalue weighted by molar-refractivity contribution is 0.0198. The van der Waals surface area contributed by atoms with Crippen molar-refractivity contribution in [1.82, 2.24) is 14.9 Å². The highest BCUT2D eigenvalue weighted by Crippen LogP contribution is 2.24. The van der Waals surface area contributed by atoms with Crippen LogP contribution in [0.25, 0.3) is 11.3 Å². The smallest absolute Gasteiger partial charge is 0.356 e. The van der Waals surface area contributed by atoms with Crippen LogP contribution in [0.1, 0.15) is 29.0 Å². The maximum atomic E-state index is 10.8. The van der Waals surface area contributed by atoms with Crippen LogP contribution in [0.5, 0.6) is 0 Å². The number of nitrogens with zero attached hydrogens (tertiary/aromatic N) is 3. The first-order valence-corrected chi connectivity index (χ1v) is 7.62. The minimum absolute atomic E-state index is 0.0497. The third-order valence-electron chi connectivity index (χ3n) is 4.15. The largest absolute Gasteiger partial charge is 0.476 e. The summed E-state index contributed by atoms with van der Waals surface area (Å²) in [5.41, 5.74) is 2.78. The molecule has 1 aliphatic rings. The average molecular weight is 313 g/mol. The molecule has 0 aliphatic carbocycles. The normalized spacial score (nSPS) is 16.9. The van der Waals surface area contributed by atoms with Gasteiger partial charge in [0.1, 0.15) is 0 Å². The topological polar surface area (TPSA) is 75.5 Å². The molecule has 1 aliphatic heterocycles. The van der Waals surface area contributed by atoms with Crippen molar-refractivity contribution in [2.75, 3.05) is 26.3 Å². The summed E-state index contributed by atoms with van der Waals surface area (Å²) in [6.45, 7) is 5.67. The van der Waals surface area contributed by atoms with Gasteiger partial charge in [0.05, 0.1) is 31.3 Å². The molecule has 1 N–H and O–H groups in total. The van der Waals surface area contributed by atoms with Crippen LogP contribution in [0.4, 0.5) is 0 Å². The van der Waals surface area contributed by atoms with Gasteiger partial charge in [0.2, 0.25) is 0 Å². The van der Waals surface area contributed by atoms with Gasteiger partial charge in [-0.05, 0) is 12.5 Å². The third-order valence-corrected chi connectivity index (χ3v) is 4.15. The van der Waals surface area contributed by atoms with Crippen LogP contribution < -0.4 is 0 Å². The van der Waals surface area contributed by atoms with Gasteiger partial charge < -0.3 is 9.84 Å². The molecule has 1 fully saturated rings. The van der Waals surface area contributed by atoms with E-state index in [-0.39, 0.29) is 5.69 Å². The first kappa shape index (κ1) is 15.6. The Labute approximate surface area is 134 Å². The number of aromatic carboxylic acids is 1. The monoisotopic (exact) mass is 313 g/mol. The number of morpholine rings is 1. The Morgan fingerprint density at radius 1 is 1.17 bits per heavy atom. The molecule has 1 aromatic heterocycles. The molecule has 6 heteroatoms. The van der Waals surface area contributed by atoms with Crippen molar-refractivity contribution in [2.45, 2.75) is 13.0 Å². The Morgan fingerprint density at radius 2 is 1.87 bits per heavy atom. The molecular weight excluding hydrogens is 294 g/mol. The molecule has 1 atom stereocenters. The summed E-state index contributed by atoms with van der Waals surface area (Å²) in [6.07, 6.45) is 2.77. The van der Waals surface area contributed by atoms with Gasteiger partial charge in [0.25, 0.3) is 0 Å². The average Bonchev–Trinajstić information content (AvgIpc) is 2.62. The van der Waals surface area contributed by atoms with E-state index in [1.54, 1.807) is 0 Å². The lowest BCUT2D eigenvalue weighted by Crippen LogP contribution is -2.37. The van der Waals surface area contributed by atoms with E-state index in [1.807, 2.05) is 12.1 Å². The number of hydrogen-bond donors (Lipinski definition) is 1. The predicted molar refractivity (Wildman–Crippen MR) is 85.2 cm³/mol. The van der Waals surface area contributed by atoms with Crippen molar-refractivity contribution in [3.8, 4) is 11.3 Å². The second-order valence-electron chi connectivity index (χ2n) is 5.54. The van der Waals surface area contributed by atoms with Crippen LogP contribution in [-0.2, 0) is 4.74 Å². The van der Waals surface area contributed by atoms with Gasteiger partial charge in [-0.1, -0.05) is 24.3 Å². The van der Waals surface area contributed by atoms with Gasteiger partial charge in [0, 0.05) is 24.7 Å². The number of ether oxygens (including phenoxy) is 1. The molecular formula is C17H19N3O3. The fourth-order valence-electron chi connectivity index (χ4n) is 2.70. The van der Waals surface area contributed by atoms with Crippen LogP contribution in [0, 0.1) is 0 Å². The van der Waals surface area contributed by atoms with Gasteiger partial charge in [-0.3, -0.25) is 9.88 Å². The van der Waals surface area contributed by atoms with Crippen LogP contribution in [0.3, 0.4) is 0 Å². The molecule has 1 saturated heterocycles. The van der Waals surface area contributed by atoms with Crippen molar-refractivity contribution >= 4 is 5.97 Å². The Morgan fingerprint density at radius 3 is 2.43 bits per heavy atom. The molecule has 23 heavy (non-hydrogen) atoms. The standard InChI is InChI=1S/C17H19N3O3/c1-12(20-6-8-23-9-7-20)13-2-4-14(5-3-13)15-10-19-16(11-18-15)17(21)22/h2-5,10-12H,6-9H2,1H3,(H,21,22). The Kier molecular flexibility index (Phi) is 4.64. The maximum absolute atomic E-state index is 10.8. The van der Waals surface area contributed by atoms with Crippen molar-refractivity contribution in [3.63, 3.8) is 0 Å². The Bertz CT molecular complexity index is 664. The summed E-state index contributed by atoms with van der Waals surface area (Å²) >= 11 is 0. The van der Waals surface area contributed by atoms with Crippen LogP contribution in [0.2, 0.25) is 0 Å². The summed E-state index contributed by atoms with van der Waals surface area (Å²) in [6, 6.07) is 8.51. The highest BCUT2D eigenvalue weighted by molar-refractivity contribution is 5.85. The number of hydrogen-bond acceptors (Lipinski definition) is 5. The lowest BCUT2D eigenvalue weighted by atomic mass is 10.0. The summed E-state index contributed by atoms with van der Waals surface area (Å²) in [5.74, 6) is -1.07. The van der Waals surface area contributed by atoms with Crippen LogP contribution in [0.15, 0.2) is 36.7 Å². The van der Waals surface area contributed by atoms with E-state index in [2.05, 4.69) is 33.9 Å². The van der Waals surface area contributed by atoms with Crippen molar-refractivity contribution < 1.29 is 14.6 Å². The van der Waals surface area contributed by atoms with E-state index in [0.717, 1.165) is 31.9 Å². The van der Waals surface area contributed by atoms with Gasteiger partial charge in [-0.25, -0.2) is 9.78 Å². The molecule has 0 radical (unpaired) electrons. The molecule has 0 bridgehead atoms. The first-order valence-electron chi connectivity index (χ1n) is 7.62. The fourth-order valence-corrected chi connectivity index (χ4v) is 2.70. The zero-order chi connectivity index (χ0) is 16.2. The highest BCUT2D eigenvalue weighted by Gasteiger charge is 2.18. The molecule has 3 rings (SSSR count). The SMILES string of the molecule is CC(c1ccc(-c2cnc(C(=O)O)cn2)cc1)N1CCOCC1. The molecule has 0 saturated carbocycles. The minimum atomic E-state index is -1.07. The van der Waals surface area contributed by atoms with E-state index in [0.29, 0.717) is 11.7 Å². The van der Waals surface area contributed by atoms with E-state index < -0.39 is 5.97 Å². The van der Waals surface area contributed by atoms with Crippen molar-refractivity contribution in [3.05, 3.63) is 47.9 Å². The minimum Gasteiger partial charge on any atom is -0.476 e. The van der Waals surface area contributed by atoms with Crippen molar-refractivity contribution in [2.24, 2.45) is 0 Å². The Hall–Kier alpha value is -2.31. The molecule has 2 heterocycles. The van der Waals surface area contributed by atoms with Gasteiger partial charge in [-0.15, -0.1) is 0 Å². The second-order valence-corrected chi connectivity index (χ2v) is 5.54. The first-order chi connectivity index (χ1) is 11.1. The summed E-state index contributed by atoms with van der Waals surface area (Å²) < 4.78 is 5.39. The number of aromatic nitrogens is 2. The predicted octanol–water partition coefficient (Wildman–Crippen LogP) is 2.23. The van der Waals surface area contributed by atoms with E-state index in [1.165, 1.54) is 18.0 Å². The van der Waals surface area contributed by atoms with E-state index in [4.69, 9.17) is 9.84 Å². The number of carboxylic acids is 1. The number of carboxylic acid groups (broad SMARTS) is 1. The van der Waals surface area contributed by atoms with E-state index >= 15 is 0 Å².